The molecule has 0 N–H and O–H groups in total. The highest BCUT2D eigenvalue weighted by atomic mass is 16.5. The average molecular weight is 536 g/mol. The fourth-order valence-corrected chi connectivity index (χ4v) is 4.81. The molecule has 3 heteroatoms. The molecule has 5 aromatic rings. The summed E-state index contributed by atoms with van der Waals surface area (Å²) in [7, 11) is 4.01. The van der Waals surface area contributed by atoms with Gasteiger partial charge in [0.15, 0.2) is 11.4 Å². The quantitative estimate of drug-likeness (QED) is 0.133. The molecule has 0 saturated carbocycles. The zero-order valence-corrected chi connectivity index (χ0v) is 23.4. The summed E-state index contributed by atoms with van der Waals surface area (Å²) in [4.78, 5) is 14.5. The summed E-state index contributed by atoms with van der Waals surface area (Å²) in [6.07, 6.45) is 6.83. The number of anilines is 1. The number of carbonyl (C=O) groups is 1. The highest BCUT2D eigenvalue weighted by Gasteiger charge is 2.38. The second-order valence-electron chi connectivity index (χ2n) is 10.0. The van der Waals surface area contributed by atoms with Crippen LogP contribution >= 0.6 is 0 Å². The van der Waals surface area contributed by atoms with Gasteiger partial charge in [-0.1, -0.05) is 127 Å². The minimum atomic E-state index is -0.841. The van der Waals surface area contributed by atoms with Crippen molar-refractivity contribution in [2.45, 2.75) is 5.60 Å². The van der Waals surface area contributed by atoms with Crippen LogP contribution in [0.2, 0.25) is 0 Å². The van der Waals surface area contributed by atoms with Crippen molar-refractivity contribution in [3.63, 3.8) is 0 Å². The van der Waals surface area contributed by atoms with E-state index in [1.54, 1.807) is 12.2 Å². The maximum absolute atomic E-state index is 12.5. The van der Waals surface area contributed by atoms with E-state index in [2.05, 4.69) is 36.4 Å². The molecule has 0 aliphatic heterocycles. The Kier molecular flexibility index (Phi) is 8.56. The molecule has 5 aromatic carbocycles. The smallest absolute Gasteiger partial charge is 0.184 e. The molecule has 202 valence electrons. The van der Waals surface area contributed by atoms with Crippen LogP contribution in [-0.2, 0) is 10.4 Å². The molecule has 0 radical (unpaired) electrons. The number of hydrogen-bond acceptors (Lipinski definition) is 3. The van der Waals surface area contributed by atoms with Crippen LogP contribution in [0.3, 0.4) is 0 Å². The van der Waals surface area contributed by atoms with E-state index in [0.717, 1.165) is 39.3 Å². The molecule has 0 amide bonds. The van der Waals surface area contributed by atoms with Gasteiger partial charge < -0.3 is 9.64 Å². The summed E-state index contributed by atoms with van der Waals surface area (Å²) in [6, 6.07) is 46.8. The van der Waals surface area contributed by atoms with Crippen LogP contribution in [0.1, 0.15) is 27.8 Å². The first-order chi connectivity index (χ1) is 20.0. The minimum Gasteiger partial charge on any atom is -0.473 e. The van der Waals surface area contributed by atoms with E-state index < -0.39 is 5.60 Å². The molecule has 0 aliphatic carbocycles. The molecule has 0 unspecified atom stereocenters. The number of ketones is 1. The molecule has 41 heavy (non-hydrogen) atoms. The Morgan fingerprint density at radius 3 is 1.34 bits per heavy atom. The normalized spacial score (nSPS) is 11.6. The molecular formula is C38H33NO2. The van der Waals surface area contributed by atoms with E-state index in [1.165, 1.54) is 0 Å². The average Bonchev–Trinajstić information content (AvgIpc) is 3.03. The predicted octanol–water partition coefficient (Wildman–Crippen LogP) is 8.42. The van der Waals surface area contributed by atoms with Crippen LogP contribution in [-0.4, -0.2) is 19.9 Å². The second kappa shape index (κ2) is 12.8. The number of rotatable bonds is 10. The molecule has 0 fully saturated rings. The molecule has 0 spiro atoms. The van der Waals surface area contributed by atoms with Crippen molar-refractivity contribution in [3.8, 4) is 5.75 Å². The Balaban J connectivity index is 1.38. The van der Waals surface area contributed by atoms with E-state index in [4.69, 9.17) is 4.74 Å². The van der Waals surface area contributed by atoms with Gasteiger partial charge >= 0.3 is 0 Å². The maximum atomic E-state index is 12.5. The van der Waals surface area contributed by atoms with Gasteiger partial charge in [0.1, 0.15) is 5.75 Å². The molecule has 0 bridgehead atoms. The van der Waals surface area contributed by atoms with Gasteiger partial charge in [-0.05, 0) is 47.5 Å². The lowest BCUT2D eigenvalue weighted by atomic mass is 9.80. The maximum Gasteiger partial charge on any atom is 0.184 e. The Morgan fingerprint density at radius 1 is 0.561 bits per heavy atom. The summed E-state index contributed by atoms with van der Waals surface area (Å²) in [5.74, 6) is 0.657. The molecule has 0 atom stereocenters. The highest BCUT2D eigenvalue weighted by Crippen LogP contribution is 2.41. The lowest BCUT2D eigenvalue weighted by Crippen LogP contribution is -2.36. The van der Waals surface area contributed by atoms with E-state index in [9.17, 15) is 4.79 Å². The first-order valence-corrected chi connectivity index (χ1v) is 13.7. The predicted molar refractivity (Wildman–Crippen MR) is 170 cm³/mol. The molecule has 5 rings (SSSR count). The van der Waals surface area contributed by atoms with Gasteiger partial charge in [0.05, 0.1) is 0 Å². The zero-order chi connectivity index (χ0) is 28.5. The number of hydrogen-bond donors (Lipinski definition) is 0. The van der Waals surface area contributed by atoms with Gasteiger partial charge in [-0.2, -0.15) is 0 Å². The number of allylic oxidation sites excluding steroid dienone is 2. The lowest BCUT2D eigenvalue weighted by Gasteiger charge is -2.36. The van der Waals surface area contributed by atoms with Gasteiger partial charge in [-0.25, -0.2) is 0 Å². The lowest BCUT2D eigenvalue weighted by molar-refractivity contribution is -0.110. The summed E-state index contributed by atoms with van der Waals surface area (Å²) in [5, 5.41) is 0. The van der Waals surface area contributed by atoms with Crippen molar-refractivity contribution < 1.29 is 9.53 Å². The van der Waals surface area contributed by atoms with E-state index >= 15 is 0 Å². The Labute approximate surface area is 242 Å². The number of carbonyl (C=O) groups excluding carboxylic acids is 1. The van der Waals surface area contributed by atoms with Crippen LogP contribution < -0.4 is 9.64 Å². The van der Waals surface area contributed by atoms with E-state index in [1.807, 2.05) is 134 Å². The van der Waals surface area contributed by atoms with Crippen LogP contribution in [0, 0.1) is 0 Å². The summed E-state index contributed by atoms with van der Waals surface area (Å²) < 4.78 is 6.95. The standard InChI is InChI=1S/C38H33NO2/c1-39(2)35-24-18-30(19-25-35)20-26-36(40)27-21-31-22-28-37(29-23-31)41-38(32-12-6-3-7-13-32,33-14-8-4-9-15-33)34-16-10-5-11-17-34/h3-29H,1-2H3/b26-20+,27-21+. The van der Waals surface area contributed by atoms with Gasteiger partial charge in [0.2, 0.25) is 0 Å². The summed E-state index contributed by atoms with van der Waals surface area (Å²) in [6.45, 7) is 0. The van der Waals surface area contributed by atoms with Gasteiger partial charge in [-0.15, -0.1) is 0 Å². The Bertz CT molecular complexity index is 1510. The topological polar surface area (TPSA) is 29.5 Å². The monoisotopic (exact) mass is 535 g/mol. The SMILES string of the molecule is CN(C)c1ccc(/C=C/C(=O)/C=C/c2ccc(OC(c3ccccc3)(c3ccccc3)c3ccccc3)cc2)cc1. The van der Waals surface area contributed by atoms with Gasteiger partial charge in [-0.3, -0.25) is 4.79 Å². The fourth-order valence-electron chi connectivity index (χ4n) is 4.81. The minimum absolute atomic E-state index is 0.0711. The van der Waals surface area contributed by atoms with E-state index in [0.29, 0.717) is 0 Å². The van der Waals surface area contributed by atoms with Crippen molar-refractivity contribution in [3.05, 3.63) is 179 Å². The molecule has 3 nitrogen and oxygen atoms in total. The molecule has 0 heterocycles. The number of ether oxygens (including phenoxy) is 1. The first-order valence-electron chi connectivity index (χ1n) is 13.7. The number of benzene rings is 5. The van der Waals surface area contributed by atoms with Crippen LogP contribution in [0.25, 0.3) is 12.2 Å². The largest absolute Gasteiger partial charge is 0.473 e. The molecule has 0 saturated heterocycles. The van der Waals surface area contributed by atoms with Crippen LogP contribution in [0.15, 0.2) is 152 Å². The van der Waals surface area contributed by atoms with E-state index in [-0.39, 0.29) is 5.78 Å². The Hall–Kier alpha value is -5.15. The second-order valence-corrected chi connectivity index (χ2v) is 10.0. The number of nitrogens with zero attached hydrogens (tertiary/aromatic N) is 1. The summed E-state index contributed by atoms with van der Waals surface area (Å²) in [5.41, 5.74) is 5.29. The zero-order valence-electron chi connectivity index (χ0n) is 23.4. The molecular weight excluding hydrogens is 502 g/mol. The van der Waals surface area contributed by atoms with Gasteiger partial charge in [0.25, 0.3) is 0 Å². The van der Waals surface area contributed by atoms with Crippen molar-refractivity contribution in [1.82, 2.24) is 0 Å². The highest BCUT2D eigenvalue weighted by molar-refractivity contribution is 6.04. The third-order valence-corrected chi connectivity index (χ3v) is 6.98. The Morgan fingerprint density at radius 2 is 0.951 bits per heavy atom. The third kappa shape index (κ3) is 6.54. The van der Waals surface area contributed by atoms with Crippen molar-refractivity contribution in [2.75, 3.05) is 19.0 Å². The molecule has 0 aliphatic rings. The summed E-state index contributed by atoms with van der Waals surface area (Å²) >= 11 is 0. The molecule has 0 aromatic heterocycles. The third-order valence-electron chi connectivity index (χ3n) is 6.98. The first kappa shape index (κ1) is 27.4. The van der Waals surface area contributed by atoms with Crippen molar-refractivity contribution in [2.24, 2.45) is 0 Å². The van der Waals surface area contributed by atoms with Crippen LogP contribution in [0.5, 0.6) is 5.75 Å². The van der Waals surface area contributed by atoms with Crippen molar-refractivity contribution in [1.29, 1.82) is 0 Å². The van der Waals surface area contributed by atoms with Crippen molar-refractivity contribution >= 4 is 23.6 Å². The fraction of sp³-hybridized carbons (Fsp3) is 0.0789. The van der Waals surface area contributed by atoms with Gasteiger partial charge in [0, 0.05) is 36.5 Å². The van der Waals surface area contributed by atoms with Crippen LogP contribution in [0.4, 0.5) is 5.69 Å².